The molecule has 3 aromatic carbocycles. The van der Waals surface area contributed by atoms with E-state index in [0.717, 1.165) is 60.8 Å². The number of benzene rings is 3. The van der Waals surface area contributed by atoms with Crippen LogP contribution in [0.15, 0.2) is 101 Å². The molecular formula is C33H32O2. The number of unbranched alkanes of at least 4 members (excludes halogenated alkanes) is 1. The molecule has 35 heavy (non-hydrogen) atoms. The third-order valence-electron chi connectivity index (χ3n) is 7.36. The summed E-state index contributed by atoms with van der Waals surface area (Å²) in [5.74, 6) is 1.50. The van der Waals surface area contributed by atoms with Crippen molar-refractivity contribution in [1.82, 2.24) is 0 Å². The van der Waals surface area contributed by atoms with Crippen molar-refractivity contribution in [3.63, 3.8) is 0 Å². The van der Waals surface area contributed by atoms with Crippen LogP contribution in [-0.4, -0.2) is 6.10 Å². The van der Waals surface area contributed by atoms with Crippen LogP contribution < -0.4 is 4.74 Å². The molecule has 2 atom stereocenters. The number of allylic oxidation sites excluding steroid dienone is 5. The summed E-state index contributed by atoms with van der Waals surface area (Å²) in [7, 11) is 0. The topological polar surface area (TPSA) is 22.4 Å². The van der Waals surface area contributed by atoms with Crippen LogP contribution in [0.1, 0.15) is 49.3 Å². The lowest BCUT2D eigenvalue weighted by Gasteiger charge is -2.20. The Morgan fingerprint density at radius 1 is 0.943 bits per heavy atom. The van der Waals surface area contributed by atoms with E-state index in [4.69, 9.17) is 9.15 Å². The summed E-state index contributed by atoms with van der Waals surface area (Å²) in [6.45, 7) is 2.24. The number of hydrogen-bond acceptors (Lipinski definition) is 2. The smallest absolute Gasteiger partial charge is 0.177 e. The fourth-order valence-corrected chi connectivity index (χ4v) is 5.53. The van der Waals surface area contributed by atoms with E-state index >= 15 is 0 Å². The molecule has 4 aromatic rings. The van der Waals surface area contributed by atoms with Gasteiger partial charge in [0, 0.05) is 29.2 Å². The molecule has 0 bridgehead atoms. The molecule has 0 spiro atoms. The zero-order chi connectivity index (χ0) is 23.6. The van der Waals surface area contributed by atoms with E-state index in [9.17, 15) is 0 Å². The quantitative estimate of drug-likeness (QED) is 0.257. The van der Waals surface area contributed by atoms with Gasteiger partial charge in [-0.05, 0) is 47.9 Å². The van der Waals surface area contributed by atoms with Crippen LogP contribution in [0.2, 0.25) is 0 Å². The summed E-state index contributed by atoms with van der Waals surface area (Å²) < 4.78 is 13.3. The highest BCUT2D eigenvalue weighted by molar-refractivity contribution is 6.08. The second kappa shape index (κ2) is 9.62. The first-order valence-electron chi connectivity index (χ1n) is 13.0. The van der Waals surface area contributed by atoms with E-state index in [-0.39, 0.29) is 6.10 Å². The zero-order valence-electron chi connectivity index (χ0n) is 20.4. The lowest BCUT2D eigenvalue weighted by atomic mass is 9.89. The molecule has 0 saturated carbocycles. The number of hydrogen-bond donors (Lipinski definition) is 0. The molecule has 2 unspecified atom stereocenters. The van der Waals surface area contributed by atoms with Crippen LogP contribution in [0.5, 0.6) is 5.75 Å². The van der Waals surface area contributed by atoms with E-state index in [1.54, 1.807) is 0 Å². The Hall–Kier alpha value is -3.52. The minimum atomic E-state index is 0.0958. The van der Waals surface area contributed by atoms with Crippen molar-refractivity contribution in [2.75, 3.05) is 0 Å². The first kappa shape index (κ1) is 22.0. The highest BCUT2D eigenvalue weighted by Gasteiger charge is 2.30. The monoisotopic (exact) mass is 460 g/mol. The molecule has 1 aromatic heterocycles. The molecular weight excluding hydrogens is 428 g/mol. The predicted molar refractivity (Wildman–Crippen MR) is 145 cm³/mol. The minimum absolute atomic E-state index is 0.0958. The standard InChI is InChI=1S/C33H32O2/c1-2-3-15-25(20-23-11-6-4-7-12-23)30-22-27-18-19-29-28-17-10-16-26(21-24-13-8-5-9-14-24)31(28)35-33(29)32(27)34-30/h4-11,13-19,23,30H,2-3,12,20-22H2,1H3/b25-15-. The molecule has 6 rings (SSSR count). The van der Waals surface area contributed by atoms with E-state index in [1.165, 1.54) is 27.6 Å². The van der Waals surface area contributed by atoms with Crippen LogP contribution in [-0.2, 0) is 12.8 Å². The van der Waals surface area contributed by atoms with Crippen LogP contribution in [0, 0.1) is 5.92 Å². The molecule has 2 heteroatoms. The van der Waals surface area contributed by atoms with Gasteiger partial charge in [0.25, 0.3) is 0 Å². The highest BCUT2D eigenvalue weighted by atomic mass is 16.5. The van der Waals surface area contributed by atoms with Gasteiger partial charge < -0.3 is 9.15 Å². The second-order valence-corrected chi connectivity index (χ2v) is 9.88. The summed E-state index contributed by atoms with van der Waals surface area (Å²) in [4.78, 5) is 0. The number of ether oxygens (including phenoxy) is 1. The molecule has 2 nitrogen and oxygen atoms in total. The molecule has 0 amide bonds. The summed E-state index contributed by atoms with van der Waals surface area (Å²) >= 11 is 0. The summed E-state index contributed by atoms with van der Waals surface area (Å²) in [5.41, 5.74) is 7.08. The maximum absolute atomic E-state index is 6.70. The minimum Gasteiger partial charge on any atom is -0.481 e. The Morgan fingerprint density at radius 3 is 2.66 bits per heavy atom. The van der Waals surface area contributed by atoms with Crippen LogP contribution in [0.3, 0.4) is 0 Å². The average Bonchev–Trinajstić information content (AvgIpc) is 3.50. The number of rotatable bonds is 7. The van der Waals surface area contributed by atoms with Crippen LogP contribution in [0.4, 0.5) is 0 Å². The van der Waals surface area contributed by atoms with Gasteiger partial charge in [-0.3, -0.25) is 0 Å². The Labute approximate surface area is 207 Å². The van der Waals surface area contributed by atoms with Crippen molar-refractivity contribution in [3.05, 3.63) is 113 Å². The fourth-order valence-electron chi connectivity index (χ4n) is 5.53. The van der Waals surface area contributed by atoms with Gasteiger partial charge in [-0.25, -0.2) is 0 Å². The maximum atomic E-state index is 6.70. The van der Waals surface area contributed by atoms with E-state index < -0.39 is 0 Å². The second-order valence-electron chi connectivity index (χ2n) is 9.88. The number of fused-ring (bicyclic) bond motifs is 5. The highest BCUT2D eigenvalue weighted by Crippen LogP contribution is 2.44. The zero-order valence-corrected chi connectivity index (χ0v) is 20.4. The Morgan fingerprint density at radius 2 is 1.83 bits per heavy atom. The third kappa shape index (κ3) is 4.34. The normalized spacial score (nSPS) is 19.4. The van der Waals surface area contributed by atoms with Crippen LogP contribution >= 0.6 is 0 Å². The predicted octanol–water partition coefficient (Wildman–Crippen LogP) is 8.73. The van der Waals surface area contributed by atoms with E-state index in [0.29, 0.717) is 5.92 Å². The largest absolute Gasteiger partial charge is 0.481 e. The molecule has 1 aliphatic carbocycles. The Bertz CT molecular complexity index is 1430. The van der Waals surface area contributed by atoms with Gasteiger partial charge in [-0.2, -0.15) is 0 Å². The van der Waals surface area contributed by atoms with Crippen LogP contribution in [0.25, 0.3) is 21.9 Å². The van der Waals surface area contributed by atoms with E-state index in [2.05, 4.69) is 98.0 Å². The average molecular weight is 461 g/mol. The van der Waals surface area contributed by atoms with Gasteiger partial charge in [-0.15, -0.1) is 0 Å². The molecule has 2 aliphatic rings. The van der Waals surface area contributed by atoms with Gasteiger partial charge in [0.15, 0.2) is 11.3 Å². The molecule has 1 aliphatic heterocycles. The Balaban J connectivity index is 1.34. The Kier molecular flexibility index (Phi) is 6.04. The molecule has 0 saturated heterocycles. The lowest BCUT2D eigenvalue weighted by molar-refractivity contribution is 0.261. The molecule has 0 N–H and O–H groups in total. The van der Waals surface area contributed by atoms with Crippen molar-refractivity contribution in [3.8, 4) is 5.75 Å². The van der Waals surface area contributed by atoms with Crippen molar-refractivity contribution in [2.45, 2.75) is 51.6 Å². The first-order valence-corrected chi connectivity index (χ1v) is 13.0. The van der Waals surface area contributed by atoms with Gasteiger partial charge in [-0.1, -0.05) is 98.3 Å². The lowest BCUT2D eigenvalue weighted by Crippen LogP contribution is -2.18. The molecule has 2 heterocycles. The van der Waals surface area contributed by atoms with Gasteiger partial charge in [0.2, 0.25) is 0 Å². The van der Waals surface area contributed by atoms with E-state index in [1.807, 2.05) is 0 Å². The summed E-state index contributed by atoms with van der Waals surface area (Å²) in [6.07, 6.45) is 17.7. The van der Waals surface area contributed by atoms with Gasteiger partial charge in [0.1, 0.15) is 11.7 Å². The fraction of sp³-hybridized carbons (Fsp3) is 0.273. The van der Waals surface area contributed by atoms with Gasteiger partial charge in [0.05, 0.1) is 0 Å². The van der Waals surface area contributed by atoms with Crippen molar-refractivity contribution >= 4 is 21.9 Å². The number of furan rings is 1. The summed E-state index contributed by atoms with van der Waals surface area (Å²) in [6, 6.07) is 21.6. The molecule has 176 valence electrons. The molecule has 0 fully saturated rings. The number of para-hydroxylation sites is 1. The third-order valence-corrected chi connectivity index (χ3v) is 7.36. The van der Waals surface area contributed by atoms with Crippen molar-refractivity contribution in [1.29, 1.82) is 0 Å². The molecule has 0 radical (unpaired) electrons. The van der Waals surface area contributed by atoms with Crippen molar-refractivity contribution in [2.24, 2.45) is 5.92 Å². The first-order chi connectivity index (χ1) is 17.3. The summed E-state index contributed by atoms with van der Waals surface area (Å²) in [5, 5.41) is 2.32. The SMILES string of the molecule is CCC/C=C(/CC1C=CC=CC1)C1Cc2ccc3c(oc4c(Cc5ccccc5)cccc43)c2O1. The van der Waals surface area contributed by atoms with Gasteiger partial charge >= 0.3 is 0 Å². The maximum Gasteiger partial charge on any atom is 0.177 e. The van der Waals surface area contributed by atoms with Crippen molar-refractivity contribution < 1.29 is 9.15 Å².